The van der Waals surface area contributed by atoms with Gasteiger partial charge in [-0.25, -0.2) is 4.79 Å². The lowest BCUT2D eigenvalue weighted by Gasteiger charge is -2.33. The Morgan fingerprint density at radius 3 is 2.15 bits per heavy atom. The fourth-order valence-corrected chi connectivity index (χ4v) is 2.91. The van der Waals surface area contributed by atoms with E-state index in [4.69, 9.17) is 9.47 Å². The molecule has 2 N–H and O–H groups in total. The number of carbonyl (C=O) groups is 2. The fraction of sp³-hybridized carbons (Fsp3) is 0.579. The molecule has 27 heavy (non-hydrogen) atoms. The van der Waals surface area contributed by atoms with Crippen LogP contribution in [0.15, 0.2) is 28.7 Å². The number of rotatable bonds is 11. The zero-order chi connectivity index (χ0) is 20.4. The van der Waals surface area contributed by atoms with Crippen molar-refractivity contribution in [3.63, 3.8) is 0 Å². The lowest BCUT2D eigenvalue weighted by atomic mass is 10.0. The first-order valence-corrected chi connectivity index (χ1v) is 9.85. The van der Waals surface area contributed by atoms with Gasteiger partial charge >= 0.3 is 6.09 Å². The minimum Gasteiger partial charge on any atom is -0.465 e. The molecule has 0 saturated carbocycles. The average molecular weight is 445 g/mol. The molecule has 1 unspecified atom stereocenters. The smallest absolute Gasteiger partial charge is 0.405 e. The summed E-state index contributed by atoms with van der Waals surface area (Å²) in [6, 6.07) is 6.41. The Balaban J connectivity index is 2.99. The quantitative estimate of drug-likeness (QED) is 0.511. The van der Waals surface area contributed by atoms with E-state index in [-0.39, 0.29) is 24.9 Å². The Kier molecular flexibility index (Phi) is 10.4. The Hall–Kier alpha value is -1.64. The van der Waals surface area contributed by atoms with Crippen molar-refractivity contribution in [1.82, 2.24) is 10.2 Å². The summed E-state index contributed by atoms with van der Waals surface area (Å²) in [7, 11) is 0. The molecule has 152 valence electrons. The van der Waals surface area contributed by atoms with Crippen molar-refractivity contribution < 1.29 is 24.2 Å². The molecule has 0 heterocycles. The van der Waals surface area contributed by atoms with E-state index < -0.39 is 18.4 Å². The van der Waals surface area contributed by atoms with Crippen molar-refractivity contribution in [3.8, 4) is 0 Å². The number of carboxylic acid groups (broad SMARTS) is 1. The van der Waals surface area contributed by atoms with Gasteiger partial charge in [0.1, 0.15) is 6.04 Å². The van der Waals surface area contributed by atoms with Gasteiger partial charge in [-0.2, -0.15) is 0 Å². The van der Waals surface area contributed by atoms with Gasteiger partial charge in [0.05, 0.1) is 6.54 Å². The molecule has 0 saturated heterocycles. The van der Waals surface area contributed by atoms with Crippen molar-refractivity contribution in [2.75, 3.05) is 19.8 Å². The van der Waals surface area contributed by atoms with Crippen LogP contribution in [0.1, 0.15) is 33.3 Å². The summed E-state index contributed by atoms with van der Waals surface area (Å²) < 4.78 is 12.0. The summed E-state index contributed by atoms with van der Waals surface area (Å²) in [6.07, 6.45) is -1.53. The summed E-state index contributed by atoms with van der Waals surface area (Å²) >= 11 is 3.37. The van der Waals surface area contributed by atoms with Crippen LogP contribution < -0.4 is 5.32 Å². The van der Waals surface area contributed by atoms with E-state index in [1.165, 1.54) is 0 Å². The highest BCUT2D eigenvalue weighted by atomic mass is 79.9. The molecule has 1 aromatic carbocycles. The number of ether oxygens (including phenoxy) is 2. The number of nitrogens with one attached hydrogen (secondary N) is 1. The molecule has 0 aliphatic heterocycles. The first-order chi connectivity index (χ1) is 12.8. The molecule has 1 aromatic rings. The van der Waals surface area contributed by atoms with Crippen LogP contribution in [0.25, 0.3) is 0 Å². The molecular weight excluding hydrogens is 416 g/mol. The van der Waals surface area contributed by atoms with Crippen molar-refractivity contribution >= 4 is 27.9 Å². The van der Waals surface area contributed by atoms with Crippen molar-refractivity contribution in [3.05, 3.63) is 34.3 Å². The van der Waals surface area contributed by atoms with Crippen LogP contribution in [0.2, 0.25) is 0 Å². The highest BCUT2D eigenvalue weighted by molar-refractivity contribution is 9.10. The van der Waals surface area contributed by atoms with Gasteiger partial charge in [-0.05, 0) is 45.4 Å². The van der Waals surface area contributed by atoms with Gasteiger partial charge in [0.15, 0.2) is 6.29 Å². The fourth-order valence-electron chi connectivity index (χ4n) is 2.65. The van der Waals surface area contributed by atoms with Gasteiger partial charge in [0, 0.05) is 30.1 Å². The molecule has 0 fully saturated rings. The maximum absolute atomic E-state index is 13.1. The van der Waals surface area contributed by atoms with Gasteiger partial charge < -0.3 is 24.8 Å². The second-order valence-corrected chi connectivity index (χ2v) is 7.17. The predicted octanol–water partition coefficient (Wildman–Crippen LogP) is 3.26. The molecule has 0 aliphatic rings. The number of amides is 2. The molecule has 0 radical (unpaired) electrons. The first kappa shape index (κ1) is 23.4. The lowest BCUT2D eigenvalue weighted by Crippen LogP contribution is -2.53. The number of nitrogens with zero attached hydrogens (tertiary/aromatic N) is 1. The Labute approximate surface area is 169 Å². The molecule has 2 amide bonds. The van der Waals surface area contributed by atoms with Crippen LogP contribution >= 0.6 is 15.9 Å². The number of hydrogen-bond acceptors (Lipinski definition) is 4. The molecular formula is C19H29BrN2O5. The highest BCUT2D eigenvalue weighted by Crippen LogP contribution is 2.14. The van der Waals surface area contributed by atoms with E-state index in [0.717, 1.165) is 10.0 Å². The van der Waals surface area contributed by atoms with Crippen LogP contribution in [-0.2, 0) is 20.7 Å². The second-order valence-electron chi connectivity index (χ2n) is 6.26. The summed E-state index contributed by atoms with van der Waals surface area (Å²) in [4.78, 5) is 25.9. The minimum absolute atomic E-state index is 0.135. The average Bonchev–Trinajstić information content (AvgIpc) is 2.60. The van der Waals surface area contributed by atoms with Gasteiger partial charge in [0.25, 0.3) is 0 Å². The predicted molar refractivity (Wildman–Crippen MR) is 107 cm³/mol. The first-order valence-electron chi connectivity index (χ1n) is 9.06. The Bertz CT molecular complexity index is 588. The maximum atomic E-state index is 13.1. The zero-order valence-corrected chi connectivity index (χ0v) is 17.9. The third-order valence-corrected chi connectivity index (χ3v) is 4.43. The van der Waals surface area contributed by atoms with E-state index in [9.17, 15) is 14.7 Å². The van der Waals surface area contributed by atoms with Crippen LogP contribution in [0.5, 0.6) is 0 Å². The molecule has 7 nitrogen and oxygen atoms in total. The zero-order valence-electron chi connectivity index (χ0n) is 16.3. The van der Waals surface area contributed by atoms with Crippen LogP contribution in [0.4, 0.5) is 4.79 Å². The van der Waals surface area contributed by atoms with Crippen LogP contribution in [-0.4, -0.2) is 60.1 Å². The highest BCUT2D eigenvalue weighted by Gasteiger charge is 2.30. The van der Waals surface area contributed by atoms with Crippen molar-refractivity contribution in [2.45, 2.75) is 52.5 Å². The Morgan fingerprint density at radius 2 is 1.70 bits per heavy atom. The van der Waals surface area contributed by atoms with E-state index in [1.54, 1.807) is 4.90 Å². The van der Waals surface area contributed by atoms with Gasteiger partial charge in [-0.15, -0.1) is 0 Å². The van der Waals surface area contributed by atoms with E-state index >= 15 is 0 Å². The van der Waals surface area contributed by atoms with Crippen molar-refractivity contribution in [2.24, 2.45) is 0 Å². The third-order valence-electron chi connectivity index (χ3n) is 3.91. The molecule has 0 aliphatic carbocycles. The monoisotopic (exact) mass is 444 g/mol. The topological polar surface area (TPSA) is 88.1 Å². The lowest BCUT2D eigenvalue weighted by molar-refractivity contribution is -0.162. The summed E-state index contributed by atoms with van der Waals surface area (Å²) in [5, 5.41) is 11.5. The molecule has 0 bridgehead atoms. The van der Waals surface area contributed by atoms with Gasteiger partial charge in [0.2, 0.25) is 5.91 Å². The maximum Gasteiger partial charge on any atom is 0.405 e. The molecule has 1 rings (SSSR count). The second kappa shape index (κ2) is 11.9. The summed E-state index contributed by atoms with van der Waals surface area (Å²) in [6.45, 7) is 8.62. The molecule has 8 heteroatoms. The largest absolute Gasteiger partial charge is 0.465 e. The Morgan fingerprint density at radius 1 is 1.15 bits per heavy atom. The van der Waals surface area contributed by atoms with E-state index in [0.29, 0.717) is 13.2 Å². The number of carbonyl (C=O) groups excluding carboxylic acids is 1. The SMILES string of the molecule is CCOC(CN(C(=O)C(Cc1ccc(Br)cc1)NC(=O)O)C(C)C)OCC. The number of hydrogen-bond donors (Lipinski definition) is 2. The molecule has 1 atom stereocenters. The number of benzene rings is 1. The van der Waals surface area contributed by atoms with E-state index in [1.807, 2.05) is 52.0 Å². The van der Waals surface area contributed by atoms with Crippen LogP contribution in [0, 0.1) is 0 Å². The summed E-state index contributed by atoms with van der Waals surface area (Å²) in [5.74, 6) is -0.306. The third kappa shape index (κ3) is 8.28. The molecule has 0 aromatic heterocycles. The minimum atomic E-state index is -1.24. The molecule has 0 spiro atoms. The van der Waals surface area contributed by atoms with Gasteiger partial charge in [-0.1, -0.05) is 28.1 Å². The van der Waals surface area contributed by atoms with E-state index in [2.05, 4.69) is 21.2 Å². The summed E-state index contributed by atoms with van der Waals surface area (Å²) in [5.41, 5.74) is 0.861. The number of halogens is 1. The standard InChI is InChI=1S/C19H29BrN2O5/c1-5-26-17(27-6-2)12-22(13(3)4)18(23)16(21-19(24)25)11-14-7-9-15(20)10-8-14/h7-10,13,16-17,21H,5-6,11-12H2,1-4H3,(H,24,25). The van der Waals surface area contributed by atoms with Gasteiger partial charge in [-0.3, -0.25) is 4.79 Å². The van der Waals surface area contributed by atoms with Crippen LogP contribution in [0.3, 0.4) is 0 Å². The normalized spacial score (nSPS) is 12.3. The van der Waals surface area contributed by atoms with Crippen molar-refractivity contribution in [1.29, 1.82) is 0 Å².